The van der Waals surface area contributed by atoms with Gasteiger partial charge in [-0.15, -0.1) is 0 Å². The van der Waals surface area contributed by atoms with Crippen molar-refractivity contribution >= 4 is 0 Å². The lowest BCUT2D eigenvalue weighted by molar-refractivity contribution is 0.107. The van der Waals surface area contributed by atoms with Gasteiger partial charge in [0.1, 0.15) is 5.54 Å². The standard InChI is InChI=1S/C15H29N3/c1-6-13(4)18(5)14-8-7-9-15(10-14,11-16)17-12(2)3/h12-14,17H,6-10H2,1-5H3. The van der Waals surface area contributed by atoms with Gasteiger partial charge in [0.15, 0.2) is 0 Å². The number of nitrogens with zero attached hydrogens (tertiary/aromatic N) is 2. The van der Waals surface area contributed by atoms with Crippen LogP contribution in [0.3, 0.4) is 0 Å². The van der Waals surface area contributed by atoms with Crippen LogP contribution in [-0.2, 0) is 0 Å². The van der Waals surface area contributed by atoms with Crippen LogP contribution in [-0.4, -0.2) is 35.6 Å². The van der Waals surface area contributed by atoms with Gasteiger partial charge in [0.2, 0.25) is 0 Å². The van der Waals surface area contributed by atoms with E-state index in [0.717, 1.165) is 19.3 Å². The molecule has 3 heteroatoms. The van der Waals surface area contributed by atoms with Crippen molar-refractivity contribution in [1.29, 1.82) is 5.26 Å². The maximum Gasteiger partial charge on any atom is 0.108 e. The van der Waals surface area contributed by atoms with E-state index in [1.807, 2.05) is 0 Å². The van der Waals surface area contributed by atoms with Gasteiger partial charge in [0.25, 0.3) is 0 Å². The van der Waals surface area contributed by atoms with Crippen LogP contribution >= 0.6 is 0 Å². The highest BCUT2D eigenvalue weighted by Gasteiger charge is 2.38. The Balaban J connectivity index is 2.72. The Morgan fingerprint density at radius 3 is 2.61 bits per heavy atom. The van der Waals surface area contributed by atoms with Crippen molar-refractivity contribution in [2.45, 2.75) is 83.5 Å². The number of hydrogen-bond donors (Lipinski definition) is 1. The number of nitriles is 1. The molecule has 3 nitrogen and oxygen atoms in total. The molecule has 1 aliphatic carbocycles. The van der Waals surface area contributed by atoms with Gasteiger partial charge in [-0.2, -0.15) is 5.26 Å². The van der Waals surface area contributed by atoms with E-state index in [4.69, 9.17) is 0 Å². The van der Waals surface area contributed by atoms with Crippen molar-refractivity contribution in [2.75, 3.05) is 7.05 Å². The zero-order valence-corrected chi connectivity index (χ0v) is 12.7. The minimum atomic E-state index is -0.307. The predicted molar refractivity (Wildman–Crippen MR) is 76.4 cm³/mol. The lowest BCUT2D eigenvalue weighted by atomic mass is 9.78. The summed E-state index contributed by atoms with van der Waals surface area (Å²) < 4.78 is 0. The number of rotatable bonds is 5. The van der Waals surface area contributed by atoms with Gasteiger partial charge in [-0.25, -0.2) is 0 Å². The first-order chi connectivity index (χ1) is 8.44. The van der Waals surface area contributed by atoms with E-state index < -0.39 is 0 Å². The predicted octanol–water partition coefficient (Wildman–Crippen LogP) is 2.92. The van der Waals surface area contributed by atoms with Crippen molar-refractivity contribution in [2.24, 2.45) is 0 Å². The molecule has 0 saturated heterocycles. The molecule has 0 amide bonds. The lowest BCUT2D eigenvalue weighted by Crippen LogP contribution is -2.55. The molecule has 18 heavy (non-hydrogen) atoms. The molecule has 0 aromatic heterocycles. The van der Waals surface area contributed by atoms with Crippen LogP contribution in [0.15, 0.2) is 0 Å². The first-order valence-corrected chi connectivity index (χ1v) is 7.35. The fourth-order valence-corrected chi connectivity index (χ4v) is 3.06. The maximum absolute atomic E-state index is 9.55. The van der Waals surface area contributed by atoms with Gasteiger partial charge in [-0.1, -0.05) is 6.92 Å². The molecular weight excluding hydrogens is 222 g/mol. The van der Waals surface area contributed by atoms with Gasteiger partial charge < -0.3 is 4.90 Å². The second-order valence-electron chi connectivity index (χ2n) is 6.17. The highest BCUT2D eigenvalue weighted by Crippen LogP contribution is 2.31. The van der Waals surface area contributed by atoms with E-state index >= 15 is 0 Å². The van der Waals surface area contributed by atoms with E-state index in [2.05, 4.69) is 51.0 Å². The van der Waals surface area contributed by atoms with Gasteiger partial charge >= 0.3 is 0 Å². The van der Waals surface area contributed by atoms with E-state index in [9.17, 15) is 5.26 Å². The van der Waals surface area contributed by atoms with E-state index in [1.54, 1.807) is 0 Å². The van der Waals surface area contributed by atoms with Crippen LogP contribution in [0.25, 0.3) is 0 Å². The van der Waals surface area contributed by atoms with Crippen LogP contribution in [0.2, 0.25) is 0 Å². The smallest absolute Gasteiger partial charge is 0.108 e. The minimum absolute atomic E-state index is 0.307. The molecule has 3 atom stereocenters. The quantitative estimate of drug-likeness (QED) is 0.816. The summed E-state index contributed by atoms with van der Waals surface area (Å²) in [6, 6.07) is 4.07. The first kappa shape index (κ1) is 15.5. The first-order valence-electron chi connectivity index (χ1n) is 7.35. The van der Waals surface area contributed by atoms with Gasteiger partial charge in [0, 0.05) is 18.1 Å². The third-order valence-corrected chi connectivity index (χ3v) is 4.37. The Kier molecular flexibility index (Phi) is 5.62. The highest BCUT2D eigenvalue weighted by atomic mass is 15.2. The Bertz CT molecular complexity index is 295. The monoisotopic (exact) mass is 251 g/mol. The van der Waals surface area contributed by atoms with E-state index in [0.29, 0.717) is 18.1 Å². The molecule has 0 aliphatic heterocycles. The Morgan fingerprint density at radius 1 is 1.44 bits per heavy atom. The summed E-state index contributed by atoms with van der Waals surface area (Å²) in [7, 11) is 2.21. The van der Waals surface area contributed by atoms with Crippen molar-refractivity contribution in [3.05, 3.63) is 0 Å². The van der Waals surface area contributed by atoms with Gasteiger partial charge in [-0.3, -0.25) is 5.32 Å². The summed E-state index contributed by atoms with van der Waals surface area (Å²) in [5, 5.41) is 13.1. The molecule has 0 radical (unpaired) electrons. The molecule has 0 bridgehead atoms. The largest absolute Gasteiger partial charge is 0.301 e. The summed E-state index contributed by atoms with van der Waals surface area (Å²) in [6.45, 7) is 8.76. The molecule has 1 saturated carbocycles. The second kappa shape index (κ2) is 6.54. The maximum atomic E-state index is 9.55. The molecule has 104 valence electrons. The van der Waals surface area contributed by atoms with Gasteiger partial charge in [0.05, 0.1) is 6.07 Å². The lowest BCUT2D eigenvalue weighted by Gasteiger charge is -2.43. The fourth-order valence-electron chi connectivity index (χ4n) is 3.06. The Morgan fingerprint density at radius 2 is 2.11 bits per heavy atom. The molecule has 1 rings (SSSR count). The van der Waals surface area contributed by atoms with Crippen LogP contribution in [0.5, 0.6) is 0 Å². The molecule has 1 fully saturated rings. The normalized spacial score (nSPS) is 30.4. The minimum Gasteiger partial charge on any atom is -0.301 e. The average molecular weight is 251 g/mol. The third-order valence-electron chi connectivity index (χ3n) is 4.37. The Labute approximate surface area is 113 Å². The molecule has 0 spiro atoms. The van der Waals surface area contributed by atoms with Crippen LogP contribution in [0, 0.1) is 11.3 Å². The molecular formula is C15H29N3. The third kappa shape index (κ3) is 3.70. The fraction of sp³-hybridized carbons (Fsp3) is 0.933. The number of nitrogens with one attached hydrogen (secondary N) is 1. The zero-order chi connectivity index (χ0) is 13.8. The Hall–Kier alpha value is -0.590. The molecule has 3 unspecified atom stereocenters. The SMILES string of the molecule is CCC(C)N(C)C1CCCC(C#N)(NC(C)C)C1. The van der Waals surface area contributed by atoms with Crippen LogP contribution < -0.4 is 5.32 Å². The van der Waals surface area contributed by atoms with E-state index in [-0.39, 0.29) is 5.54 Å². The highest BCUT2D eigenvalue weighted by molar-refractivity contribution is 5.11. The topological polar surface area (TPSA) is 39.1 Å². The molecule has 0 aromatic carbocycles. The summed E-state index contributed by atoms with van der Waals surface area (Å²) in [5.74, 6) is 0. The summed E-state index contributed by atoms with van der Waals surface area (Å²) in [5.41, 5.74) is -0.307. The van der Waals surface area contributed by atoms with Crippen molar-refractivity contribution in [1.82, 2.24) is 10.2 Å². The molecule has 0 heterocycles. The molecule has 1 N–H and O–H groups in total. The van der Waals surface area contributed by atoms with Crippen molar-refractivity contribution < 1.29 is 0 Å². The summed E-state index contributed by atoms with van der Waals surface area (Å²) in [4.78, 5) is 2.47. The van der Waals surface area contributed by atoms with Crippen LogP contribution in [0.4, 0.5) is 0 Å². The number of hydrogen-bond acceptors (Lipinski definition) is 3. The zero-order valence-electron chi connectivity index (χ0n) is 12.7. The second-order valence-corrected chi connectivity index (χ2v) is 6.17. The van der Waals surface area contributed by atoms with Crippen molar-refractivity contribution in [3.8, 4) is 6.07 Å². The van der Waals surface area contributed by atoms with Crippen molar-refractivity contribution in [3.63, 3.8) is 0 Å². The molecule has 0 aromatic rings. The summed E-state index contributed by atoms with van der Waals surface area (Å²) in [6.07, 6.45) is 5.50. The van der Waals surface area contributed by atoms with E-state index in [1.165, 1.54) is 12.8 Å². The van der Waals surface area contributed by atoms with Gasteiger partial charge in [-0.05, 0) is 59.9 Å². The average Bonchev–Trinajstić information content (AvgIpc) is 2.36. The van der Waals surface area contributed by atoms with Crippen LogP contribution in [0.1, 0.15) is 59.8 Å². The summed E-state index contributed by atoms with van der Waals surface area (Å²) >= 11 is 0. The molecule has 1 aliphatic rings.